The van der Waals surface area contributed by atoms with Crippen molar-refractivity contribution in [3.8, 4) is 5.75 Å². The van der Waals surface area contributed by atoms with Crippen LogP contribution in [0, 0.1) is 5.41 Å². The van der Waals surface area contributed by atoms with Crippen molar-refractivity contribution in [2.75, 3.05) is 31.3 Å². The second-order valence-electron chi connectivity index (χ2n) is 5.64. The van der Waals surface area contributed by atoms with Crippen LogP contribution in [0.25, 0.3) is 0 Å². The Bertz CT molecular complexity index is 701. The molecule has 0 bridgehead atoms. The molecule has 0 spiro atoms. The fraction of sp³-hybridized carbons (Fsp3) is 0.333. The maximum Gasteiger partial charge on any atom is 0.126 e. The van der Waals surface area contributed by atoms with Crippen LogP contribution in [-0.4, -0.2) is 37.1 Å². The number of hydrogen-bond donors (Lipinski definition) is 3. The molecule has 0 unspecified atom stereocenters. The number of methoxy groups -OCH3 is 1. The van der Waals surface area contributed by atoms with Gasteiger partial charge in [0.1, 0.15) is 11.6 Å². The molecule has 0 fully saturated rings. The van der Waals surface area contributed by atoms with Gasteiger partial charge in [-0.2, -0.15) is 0 Å². The van der Waals surface area contributed by atoms with Gasteiger partial charge in [-0.15, -0.1) is 0 Å². The molecule has 0 saturated heterocycles. The number of anilines is 2. The molecule has 24 heavy (non-hydrogen) atoms. The number of hydrogen-bond acceptors (Lipinski definition) is 6. The van der Waals surface area contributed by atoms with Crippen molar-refractivity contribution in [2.24, 2.45) is 0 Å². The molecule has 1 aromatic carbocycles. The average molecular weight is 328 g/mol. The summed E-state index contributed by atoms with van der Waals surface area (Å²) in [5.41, 5.74) is 8.30. The van der Waals surface area contributed by atoms with Crippen molar-refractivity contribution >= 4 is 17.2 Å². The SMILES string of the molecule is COCCNc1cc(C(=N)c2cc(OC(C)C)ccc2N)ccn1. The van der Waals surface area contributed by atoms with Gasteiger partial charge < -0.3 is 20.5 Å². The number of nitrogens with one attached hydrogen (secondary N) is 2. The number of nitrogen functional groups attached to an aromatic ring is 1. The number of aromatic nitrogens is 1. The van der Waals surface area contributed by atoms with E-state index in [4.69, 9.17) is 20.6 Å². The highest BCUT2D eigenvalue weighted by molar-refractivity contribution is 6.14. The predicted octanol–water partition coefficient (Wildman–Crippen LogP) is 2.93. The van der Waals surface area contributed by atoms with E-state index < -0.39 is 0 Å². The zero-order valence-corrected chi connectivity index (χ0v) is 14.3. The van der Waals surface area contributed by atoms with Crippen LogP contribution in [0.15, 0.2) is 36.5 Å². The largest absolute Gasteiger partial charge is 0.491 e. The third kappa shape index (κ3) is 4.70. The lowest BCUT2D eigenvalue weighted by molar-refractivity contribution is 0.210. The summed E-state index contributed by atoms with van der Waals surface area (Å²) in [5.74, 6) is 1.40. The first-order valence-electron chi connectivity index (χ1n) is 7.85. The number of ether oxygens (including phenoxy) is 2. The second-order valence-corrected chi connectivity index (χ2v) is 5.64. The maximum absolute atomic E-state index is 8.48. The topological polar surface area (TPSA) is 93.2 Å². The number of nitrogens with zero attached hydrogens (tertiary/aromatic N) is 1. The summed E-state index contributed by atoms with van der Waals surface area (Å²) >= 11 is 0. The van der Waals surface area contributed by atoms with Gasteiger partial charge >= 0.3 is 0 Å². The Balaban J connectivity index is 2.23. The highest BCUT2D eigenvalue weighted by atomic mass is 16.5. The standard InChI is InChI=1S/C18H24N4O2/c1-12(2)24-14-4-5-16(19)15(11-14)18(20)13-6-7-21-17(10-13)22-8-9-23-3/h4-7,10-12,20H,8-9,19H2,1-3H3,(H,21,22). The van der Waals surface area contributed by atoms with E-state index in [1.54, 1.807) is 31.5 Å². The molecule has 0 amide bonds. The minimum atomic E-state index is 0.0631. The molecule has 6 heteroatoms. The van der Waals surface area contributed by atoms with Gasteiger partial charge in [0.25, 0.3) is 0 Å². The van der Waals surface area contributed by atoms with Gasteiger partial charge in [0.2, 0.25) is 0 Å². The summed E-state index contributed by atoms with van der Waals surface area (Å²) in [5, 5.41) is 11.6. The zero-order chi connectivity index (χ0) is 17.5. The van der Waals surface area contributed by atoms with E-state index in [1.807, 2.05) is 26.0 Å². The van der Waals surface area contributed by atoms with Crippen molar-refractivity contribution in [2.45, 2.75) is 20.0 Å². The molecule has 2 rings (SSSR count). The van der Waals surface area contributed by atoms with Gasteiger partial charge in [-0.1, -0.05) is 0 Å². The minimum Gasteiger partial charge on any atom is -0.491 e. The van der Waals surface area contributed by atoms with Gasteiger partial charge in [0.15, 0.2) is 0 Å². The smallest absolute Gasteiger partial charge is 0.126 e. The first-order valence-corrected chi connectivity index (χ1v) is 7.85. The fourth-order valence-electron chi connectivity index (χ4n) is 2.22. The molecule has 1 heterocycles. The zero-order valence-electron chi connectivity index (χ0n) is 14.3. The van der Waals surface area contributed by atoms with Crippen molar-refractivity contribution in [1.82, 2.24) is 4.98 Å². The molecule has 6 nitrogen and oxygen atoms in total. The molecule has 0 radical (unpaired) electrons. The van der Waals surface area contributed by atoms with E-state index in [0.29, 0.717) is 41.7 Å². The number of rotatable bonds is 8. The molecule has 0 atom stereocenters. The summed E-state index contributed by atoms with van der Waals surface area (Å²) in [6.07, 6.45) is 1.73. The van der Waals surface area contributed by atoms with Gasteiger partial charge in [-0.05, 0) is 44.2 Å². The fourth-order valence-corrected chi connectivity index (χ4v) is 2.22. The normalized spacial score (nSPS) is 10.7. The lowest BCUT2D eigenvalue weighted by atomic mass is 10.0. The minimum absolute atomic E-state index is 0.0631. The van der Waals surface area contributed by atoms with Gasteiger partial charge in [0, 0.05) is 36.7 Å². The highest BCUT2D eigenvalue weighted by Crippen LogP contribution is 2.24. The molecule has 0 aliphatic carbocycles. The molecule has 4 N–H and O–H groups in total. The van der Waals surface area contributed by atoms with E-state index in [2.05, 4.69) is 10.3 Å². The predicted molar refractivity (Wildman–Crippen MR) is 97.2 cm³/mol. The lowest BCUT2D eigenvalue weighted by Gasteiger charge is -2.14. The van der Waals surface area contributed by atoms with Gasteiger partial charge in [-0.25, -0.2) is 4.98 Å². The Morgan fingerprint density at radius 3 is 2.79 bits per heavy atom. The number of pyridine rings is 1. The van der Waals surface area contributed by atoms with Crippen LogP contribution in [0.3, 0.4) is 0 Å². The van der Waals surface area contributed by atoms with E-state index in [-0.39, 0.29) is 6.10 Å². The van der Waals surface area contributed by atoms with E-state index >= 15 is 0 Å². The van der Waals surface area contributed by atoms with Crippen molar-refractivity contribution < 1.29 is 9.47 Å². The Morgan fingerprint density at radius 1 is 1.29 bits per heavy atom. The average Bonchev–Trinajstić information content (AvgIpc) is 2.56. The van der Waals surface area contributed by atoms with Crippen LogP contribution in [-0.2, 0) is 4.74 Å². The second kappa shape index (κ2) is 8.31. The van der Waals surface area contributed by atoms with Crippen LogP contribution in [0.4, 0.5) is 11.5 Å². The molecular weight excluding hydrogens is 304 g/mol. The van der Waals surface area contributed by atoms with Crippen molar-refractivity contribution in [1.29, 1.82) is 5.41 Å². The Labute approximate surface area is 142 Å². The Morgan fingerprint density at radius 2 is 2.08 bits per heavy atom. The van der Waals surface area contributed by atoms with Crippen LogP contribution in [0.1, 0.15) is 25.0 Å². The van der Waals surface area contributed by atoms with Crippen molar-refractivity contribution in [3.63, 3.8) is 0 Å². The van der Waals surface area contributed by atoms with Crippen molar-refractivity contribution in [3.05, 3.63) is 47.7 Å². The highest BCUT2D eigenvalue weighted by Gasteiger charge is 2.11. The molecule has 0 aliphatic heterocycles. The molecule has 1 aromatic heterocycles. The summed E-state index contributed by atoms with van der Waals surface area (Å²) in [6.45, 7) is 5.16. The maximum atomic E-state index is 8.48. The third-order valence-corrected chi connectivity index (χ3v) is 3.33. The van der Waals surface area contributed by atoms with Gasteiger partial charge in [0.05, 0.1) is 18.4 Å². The Kier molecular flexibility index (Phi) is 6.14. The van der Waals surface area contributed by atoms with E-state index in [9.17, 15) is 0 Å². The number of nitrogens with two attached hydrogens (primary N) is 1. The summed E-state index contributed by atoms with van der Waals surface area (Å²) < 4.78 is 10.7. The number of benzene rings is 1. The molecule has 0 aliphatic rings. The molecule has 2 aromatic rings. The summed E-state index contributed by atoms with van der Waals surface area (Å²) in [6, 6.07) is 9.00. The summed E-state index contributed by atoms with van der Waals surface area (Å²) in [7, 11) is 1.65. The molecule has 128 valence electrons. The first-order chi connectivity index (χ1) is 11.5. The quantitative estimate of drug-likeness (QED) is 0.393. The van der Waals surface area contributed by atoms with Crippen LogP contribution in [0.5, 0.6) is 5.75 Å². The van der Waals surface area contributed by atoms with E-state index in [1.165, 1.54) is 0 Å². The van der Waals surface area contributed by atoms with E-state index in [0.717, 1.165) is 5.56 Å². The molecular formula is C18H24N4O2. The first kappa shape index (κ1) is 17.7. The van der Waals surface area contributed by atoms with Gasteiger partial charge in [-0.3, -0.25) is 5.41 Å². The van der Waals surface area contributed by atoms with Crippen LogP contribution in [0.2, 0.25) is 0 Å². The van der Waals surface area contributed by atoms with Crippen LogP contribution < -0.4 is 15.8 Å². The summed E-state index contributed by atoms with van der Waals surface area (Å²) in [4.78, 5) is 4.25. The monoisotopic (exact) mass is 328 g/mol. The Hall–Kier alpha value is -2.60. The third-order valence-electron chi connectivity index (χ3n) is 3.33. The lowest BCUT2D eigenvalue weighted by Crippen LogP contribution is -2.11. The van der Waals surface area contributed by atoms with Crippen LogP contribution >= 0.6 is 0 Å². The molecule has 0 saturated carbocycles.